The first-order valence-corrected chi connectivity index (χ1v) is 5.44. The molecule has 0 aliphatic carbocycles. The highest BCUT2D eigenvalue weighted by Gasteiger charge is 2.06. The van der Waals surface area contributed by atoms with Crippen LogP contribution < -0.4 is 0 Å². The van der Waals surface area contributed by atoms with Gasteiger partial charge in [-0.05, 0) is 35.1 Å². The molecule has 14 heavy (non-hydrogen) atoms. The van der Waals surface area contributed by atoms with Crippen LogP contribution in [0.1, 0.15) is 12.5 Å². The Kier molecular flexibility index (Phi) is 4.72. The van der Waals surface area contributed by atoms with Crippen LogP contribution in [0.2, 0.25) is 0 Å². The molecule has 0 aliphatic heterocycles. The van der Waals surface area contributed by atoms with Gasteiger partial charge in [-0.1, -0.05) is 30.3 Å². The van der Waals surface area contributed by atoms with Gasteiger partial charge >= 0.3 is 6.16 Å². The summed E-state index contributed by atoms with van der Waals surface area (Å²) in [6.45, 7) is 2.02. The van der Waals surface area contributed by atoms with Gasteiger partial charge in [-0.3, -0.25) is 0 Å². The van der Waals surface area contributed by atoms with E-state index >= 15 is 0 Å². The van der Waals surface area contributed by atoms with Gasteiger partial charge in [0.2, 0.25) is 0 Å². The number of halogens is 1. The molecule has 0 radical (unpaired) electrons. The fourth-order valence-electron chi connectivity index (χ4n) is 0.883. The van der Waals surface area contributed by atoms with Crippen molar-refractivity contribution in [3.8, 4) is 0 Å². The summed E-state index contributed by atoms with van der Waals surface area (Å²) >= 11 is 1.99. The molecule has 0 spiro atoms. The molecule has 0 aromatic heterocycles. The lowest BCUT2D eigenvalue weighted by molar-refractivity contribution is 0.0495. The van der Waals surface area contributed by atoms with E-state index in [4.69, 9.17) is 9.47 Å². The molecule has 76 valence electrons. The minimum Gasteiger partial charge on any atom is -0.429 e. The minimum atomic E-state index is -0.629. The quantitative estimate of drug-likeness (QED) is 0.489. The normalized spacial score (nSPS) is 11.9. The monoisotopic (exact) mass is 306 g/mol. The summed E-state index contributed by atoms with van der Waals surface area (Å²) in [5.41, 5.74) is 0.950. The van der Waals surface area contributed by atoms with Crippen molar-refractivity contribution < 1.29 is 14.3 Å². The minimum absolute atomic E-state index is 0.170. The smallest absolute Gasteiger partial charge is 0.429 e. The van der Waals surface area contributed by atoms with Crippen molar-refractivity contribution in [1.29, 1.82) is 0 Å². The van der Waals surface area contributed by atoms with Gasteiger partial charge in [-0.2, -0.15) is 0 Å². The molecule has 1 unspecified atom stereocenters. The Morgan fingerprint density at radius 3 is 2.64 bits per heavy atom. The third-order valence-electron chi connectivity index (χ3n) is 1.46. The Hall–Kier alpha value is -0.780. The van der Waals surface area contributed by atoms with Crippen LogP contribution >= 0.6 is 22.6 Å². The summed E-state index contributed by atoms with van der Waals surface area (Å²) in [5.74, 6) is 0. The largest absolute Gasteiger partial charge is 0.509 e. The van der Waals surface area contributed by atoms with Crippen molar-refractivity contribution in [2.24, 2.45) is 0 Å². The maximum Gasteiger partial charge on any atom is 0.509 e. The number of carbonyl (C=O) groups is 1. The van der Waals surface area contributed by atoms with E-state index in [9.17, 15) is 4.79 Å². The molecule has 1 aromatic rings. The first-order valence-electron chi connectivity index (χ1n) is 4.20. The SMILES string of the molecule is CC(I)OC(=O)OCc1ccccc1. The maximum atomic E-state index is 11.0. The van der Waals surface area contributed by atoms with Gasteiger partial charge in [-0.15, -0.1) is 0 Å². The second-order valence-electron chi connectivity index (χ2n) is 2.69. The Bertz CT molecular complexity index is 285. The number of carbonyl (C=O) groups excluding carboxylic acids is 1. The number of hydrogen-bond acceptors (Lipinski definition) is 3. The highest BCUT2D eigenvalue weighted by atomic mass is 127. The molecule has 3 nitrogen and oxygen atoms in total. The van der Waals surface area contributed by atoms with E-state index in [2.05, 4.69) is 0 Å². The van der Waals surface area contributed by atoms with Crippen LogP contribution in [0.3, 0.4) is 0 Å². The van der Waals surface area contributed by atoms with Crippen LogP contribution in [0.15, 0.2) is 30.3 Å². The van der Waals surface area contributed by atoms with Gasteiger partial charge < -0.3 is 9.47 Å². The predicted molar refractivity (Wildman–Crippen MR) is 61.2 cm³/mol. The number of rotatable bonds is 3. The lowest BCUT2D eigenvalue weighted by atomic mass is 10.2. The average molecular weight is 306 g/mol. The number of benzene rings is 1. The fourth-order valence-corrected chi connectivity index (χ4v) is 1.09. The van der Waals surface area contributed by atoms with Gasteiger partial charge in [0, 0.05) is 0 Å². The van der Waals surface area contributed by atoms with E-state index in [0.717, 1.165) is 5.56 Å². The molecule has 0 amide bonds. The highest BCUT2D eigenvalue weighted by Crippen LogP contribution is 2.05. The summed E-state index contributed by atoms with van der Waals surface area (Å²) in [6, 6.07) is 9.48. The number of ether oxygens (including phenoxy) is 2. The van der Waals surface area contributed by atoms with E-state index < -0.39 is 6.16 Å². The molecule has 1 rings (SSSR count). The zero-order valence-electron chi connectivity index (χ0n) is 7.77. The summed E-state index contributed by atoms with van der Waals surface area (Å²) in [4.78, 5) is 11.0. The molecule has 0 aliphatic rings. The first-order chi connectivity index (χ1) is 6.68. The predicted octanol–water partition coefficient (Wildman–Crippen LogP) is 3.12. The van der Waals surface area contributed by atoms with E-state index in [1.165, 1.54) is 0 Å². The molecule has 0 saturated carbocycles. The molecule has 0 bridgehead atoms. The molecule has 4 heteroatoms. The highest BCUT2D eigenvalue weighted by molar-refractivity contribution is 14.1. The zero-order chi connectivity index (χ0) is 10.4. The summed E-state index contributed by atoms with van der Waals surface area (Å²) < 4.78 is 9.50. The lowest BCUT2D eigenvalue weighted by Crippen LogP contribution is -2.10. The molecule has 0 saturated heterocycles. The summed E-state index contributed by atoms with van der Waals surface area (Å²) in [6.07, 6.45) is -0.629. The molecule has 0 N–H and O–H groups in total. The molecular formula is C10H11IO3. The van der Waals surface area contributed by atoms with Crippen molar-refractivity contribution >= 4 is 28.7 Å². The standard InChI is InChI=1S/C10H11IO3/c1-8(11)14-10(12)13-7-9-5-3-2-4-6-9/h2-6,8H,7H2,1H3. The Morgan fingerprint density at radius 2 is 2.07 bits per heavy atom. The van der Waals surface area contributed by atoms with Crippen molar-refractivity contribution in [3.05, 3.63) is 35.9 Å². The van der Waals surface area contributed by atoms with Gasteiger partial charge in [-0.25, -0.2) is 4.79 Å². The van der Waals surface area contributed by atoms with Crippen LogP contribution in [-0.2, 0) is 16.1 Å². The third-order valence-corrected chi connectivity index (χ3v) is 1.71. The van der Waals surface area contributed by atoms with Crippen LogP contribution in [0.4, 0.5) is 4.79 Å². The van der Waals surface area contributed by atoms with E-state index in [0.29, 0.717) is 0 Å². The number of hydrogen-bond donors (Lipinski definition) is 0. The Morgan fingerprint density at radius 1 is 1.43 bits per heavy atom. The molecular weight excluding hydrogens is 295 g/mol. The van der Waals surface area contributed by atoms with Gasteiger partial charge in [0.15, 0.2) is 4.11 Å². The maximum absolute atomic E-state index is 11.0. The second kappa shape index (κ2) is 5.85. The van der Waals surface area contributed by atoms with Crippen LogP contribution in [-0.4, -0.2) is 10.3 Å². The summed E-state index contributed by atoms with van der Waals surface area (Å²) in [5, 5.41) is 0. The molecule has 1 atom stereocenters. The van der Waals surface area contributed by atoms with Crippen LogP contribution in [0.25, 0.3) is 0 Å². The van der Waals surface area contributed by atoms with Gasteiger partial charge in [0.05, 0.1) is 0 Å². The molecule has 0 fully saturated rings. The lowest BCUT2D eigenvalue weighted by Gasteiger charge is -2.07. The van der Waals surface area contributed by atoms with E-state index in [1.54, 1.807) is 6.92 Å². The van der Waals surface area contributed by atoms with Gasteiger partial charge in [0.1, 0.15) is 6.61 Å². The van der Waals surface area contributed by atoms with Crippen LogP contribution in [0, 0.1) is 0 Å². The van der Waals surface area contributed by atoms with Crippen molar-refractivity contribution in [2.75, 3.05) is 0 Å². The van der Waals surface area contributed by atoms with Gasteiger partial charge in [0.25, 0.3) is 0 Å². The summed E-state index contributed by atoms with van der Waals surface area (Å²) in [7, 11) is 0. The first kappa shape index (κ1) is 11.3. The van der Waals surface area contributed by atoms with E-state index in [1.807, 2.05) is 52.9 Å². The average Bonchev–Trinajstić information content (AvgIpc) is 2.15. The van der Waals surface area contributed by atoms with Crippen molar-refractivity contribution in [3.63, 3.8) is 0 Å². The topological polar surface area (TPSA) is 35.5 Å². The number of alkyl halides is 1. The molecule has 1 aromatic carbocycles. The molecule has 0 heterocycles. The van der Waals surface area contributed by atoms with E-state index in [-0.39, 0.29) is 10.7 Å². The fraction of sp³-hybridized carbons (Fsp3) is 0.300. The van der Waals surface area contributed by atoms with Crippen LogP contribution in [0.5, 0.6) is 0 Å². The zero-order valence-corrected chi connectivity index (χ0v) is 9.93. The Balaban J connectivity index is 2.31. The third kappa shape index (κ3) is 4.45. The van der Waals surface area contributed by atoms with Crippen molar-refractivity contribution in [2.45, 2.75) is 17.6 Å². The Labute approximate surface area is 96.5 Å². The second-order valence-corrected chi connectivity index (χ2v) is 4.44. The van der Waals surface area contributed by atoms with Crippen molar-refractivity contribution in [1.82, 2.24) is 0 Å².